The lowest BCUT2D eigenvalue weighted by Gasteiger charge is -2.09. The van der Waals surface area contributed by atoms with Crippen LogP contribution < -0.4 is 10.6 Å². The van der Waals surface area contributed by atoms with E-state index in [-0.39, 0.29) is 17.7 Å². The number of allylic oxidation sites excluding steroid dienone is 2. The molecule has 4 nitrogen and oxygen atoms in total. The van der Waals surface area contributed by atoms with E-state index in [0.717, 1.165) is 12.1 Å². The van der Waals surface area contributed by atoms with Gasteiger partial charge in [0.05, 0.1) is 0 Å². The quantitative estimate of drug-likeness (QED) is 0.703. The maximum Gasteiger partial charge on any atom is 0.221 e. The summed E-state index contributed by atoms with van der Waals surface area (Å²) in [6.45, 7) is 4.46. The van der Waals surface area contributed by atoms with E-state index in [1.54, 1.807) is 6.08 Å². The van der Waals surface area contributed by atoms with Crippen molar-refractivity contribution in [2.45, 2.75) is 39.2 Å². The largest absolute Gasteiger partial charge is 0.388 e. The average Bonchev–Trinajstić information content (AvgIpc) is 2.50. The van der Waals surface area contributed by atoms with E-state index >= 15 is 0 Å². The van der Waals surface area contributed by atoms with Crippen LogP contribution in [0, 0.1) is 0 Å². The molecule has 1 aliphatic rings. The van der Waals surface area contributed by atoms with Gasteiger partial charge in [-0.1, -0.05) is 0 Å². The van der Waals surface area contributed by atoms with Crippen molar-refractivity contribution in [2.75, 3.05) is 6.54 Å². The van der Waals surface area contributed by atoms with E-state index in [1.807, 2.05) is 13.8 Å². The maximum atomic E-state index is 11.3. The molecule has 4 heteroatoms. The van der Waals surface area contributed by atoms with Gasteiger partial charge in [-0.05, 0) is 20.3 Å². The van der Waals surface area contributed by atoms with Gasteiger partial charge in [0, 0.05) is 37.2 Å². The molecule has 2 N–H and O–H groups in total. The first-order valence-electron chi connectivity index (χ1n) is 5.34. The molecule has 0 saturated carbocycles. The fourth-order valence-corrected chi connectivity index (χ4v) is 1.47. The zero-order chi connectivity index (χ0) is 11.3. The summed E-state index contributed by atoms with van der Waals surface area (Å²) in [4.78, 5) is 22.2. The van der Waals surface area contributed by atoms with Crippen LogP contribution in [0.4, 0.5) is 0 Å². The highest BCUT2D eigenvalue weighted by Gasteiger charge is 2.11. The molecule has 0 aromatic rings. The zero-order valence-corrected chi connectivity index (χ0v) is 9.30. The Hall–Kier alpha value is -1.32. The third-order valence-electron chi connectivity index (χ3n) is 2.13. The summed E-state index contributed by atoms with van der Waals surface area (Å²) in [5.74, 6) is 0.214. The molecule has 1 aliphatic carbocycles. The highest BCUT2D eigenvalue weighted by Crippen LogP contribution is 2.11. The van der Waals surface area contributed by atoms with Gasteiger partial charge in [0.15, 0.2) is 5.78 Å². The van der Waals surface area contributed by atoms with Crippen LogP contribution >= 0.6 is 0 Å². The Kier molecular flexibility index (Phi) is 4.34. The van der Waals surface area contributed by atoms with E-state index in [9.17, 15) is 9.59 Å². The molecule has 0 spiro atoms. The van der Waals surface area contributed by atoms with E-state index in [1.165, 1.54) is 0 Å². The molecule has 15 heavy (non-hydrogen) atoms. The van der Waals surface area contributed by atoms with Gasteiger partial charge in [0.25, 0.3) is 0 Å². The summed E-state index contributed by atoms with van der Waals surface area (Å²) in [7, 11) is 0. The smallest absolute Gasteiger partial charge is 0.221 e. The highest BCUT2D eigenvalue weighted by molar-refractivity contribution is 5.92. The first kappa shape index (κ1) is 11.8. The Labute approximate surface area is 90.1 Å². The van der Waals surface area contributed by atoms with Crippen LogP contribution in [0.1, 0.15) is 33.1 Å². The van der Waals surface area contributed by atoms with Crippen LogP contribution in [0.3, 0.4) is 0 Å². The second kappa shape index (κ2) is 5.53. The van der Waals surface area contributed by atoms with Gasteiger partial charge in [-0.2, -0.15) is 0 Å². The summed E-state index contributed by atoms with van der Waals surface area (Å²) in [6, 6.07) is 0.185. The fourth-order valence-electron chi connectivity index (χ4n) is 1.47. The lowest BCUT2D eigenvalue weighted by Crippen LogP contribution is -2.32. The molecular formula is C11H18N2O2. The normalized spacial score (nSPS) is 15.4. The molecule has 0 aliphatic heterocycles. The molecule has 1 amide bonds. The first-order chi connectivity index (χ1) is 7.08. The van der Waals surface area contributed by atoms with Crippen molar-refractivity contribution in [2.24, 2.45) is 0 Å². The Morgan fingerprint density at radius 2 is 2.20 bits per heavy atom. The fraction of sp³-hybridized carbons (Fsp3) is 0.636. The van der Waals surface area contributed by atoms with E-state index in [0.29, 0.717) is 19.4 Å². The van der Waals surface area contributed by atoms with Crippen LogP contribution in [0.2, 0.25) is 0 Å². The van der Waals surface area contributed by atoms with Crippen LogP contribution in [0.5, 0.6) is 0 Å². The summed E-state index contributed by atoms with van der Waals surface area (Å²) in [6.07, 6.45) is 3.45. The predicted octanol–water partition coefficient (Wildman–Crippen LogP) is 0.737. The molecule has 0 bridgehead atoms. The van der Waals surface area contributed by atoms with E-state index in [2.05, 4.69) is 10.6 Å². The van der Waals surface area contributed by atoms with Crippen molar-refractivity contribution in [3.05, 3.63) is 11.8 Å². The molecule has 1 rings (SSSR count). The summed E-state index contributed by atoms with van der Waals surface area (Å²) < 4.78 is 0. The predicted molar refractivity (Wildman–Crippen MR) is 58.2 cm³/mol. The van der Waals surface area contributed by atoms with Crippen LogP contribution in [0.25, 0.3) is 0 Å². The van der Waals surface area contributed by atoms with Crippen molar-refractivity contribution in [1.82, 2.24) is 10.6 Å². The molecule has 0 unspecified atom stereocenters. The number of rotatable bonds is 5. The molecule has 0 atom stereocenters. The monoisotopic (exact) mass is 210 g/mol. The summed E-state index contributed by atoms with van der Waals surface area (Å²) in [5.41, 5.74) is 0.956. The molecule has 0 saturated heterocycles. The zero-order valence-electron chi connectivity index (χ0n) is 9.30. The number of amides is 1. The Bertz CT molecular complexity index is 282. The lowest BCUT2D eigenvalue weighted by molar-refractivity contribution is -0.121. The van der Waals surface area contributed by atoms with Crippen molar-refractivity contribution in [1.29, 1.82) is 0 Å². The van der Waals surface area contributed by atoms with Crippen LogP contribution in [-0.2, 0) is 9.59 Å². The molecular weight excluding hydrogens is 192 g/mol. The average molecular weight is 210 g/mol. The number of nitrogens with one attached hydrogen (secondary N) is 2. The lowest BCUT2D eigenvalue weighted by atomic mass is 10.3. The van der Waals surface area contributed by atoms with Gasteiger partial charge in [0.1, 0.15) is 0 Å². The van der Waals surface area contributed by atoms with Crippen LogP contribution in [-0.4, -0.2) is 24.3 Å². The molecule has 0 aromatic carbocycles. The number of hydrogen-bond donors (Lipinski definition) is 2. The van der Waals surface area contributed by atoms with Crippen molar-refractivity contribution in [3.63, 3.8) is 0 Å². The SMILES string of the molecule is CC(C)NC(=O)CCNC1=CC(=O)CC1. The summed E-state index contributed by atoms with van der Waals surface area (Å²) >= 11 is 0. The van der Waals surface area contributed by atoms with Crippen molar-refractivity contribution >= 4 is 11.7 Å². The molecule has 0 radical (unpaired) electrons. The van der Waals surface area contributed by atoms with E-state index < -0.39 is 0 Å². The second-order valence-corrected chi connectivity index (χ2v) is 4.03. The maximum absolute atomic E-state index is 11.3. The van der Waals surface area contributed by atoms with Gasteiger partial charge in [-0.15, -0.1) is 0 Å². The van der Waals surface area contributed by atoms with E-state index in [4.69, 9.17) is 0 Å². The highest BCUT2D eigenvalue weighted by atomic mass is 16.1. The van der Waals surface area contributed by atoms with Gasteiger partial charge < -0.3 is 10.6 Å². The van der Waals surface area contributed by atoms with Gasteiger partial charge in [-0.3, -0.25) is 9.59 Å². The van der Waals surface area contributed by atoms with Crippen molar-refractivity contribution < 1.29 is 9.59 Å². The van der Waals surface area contributed by atoms with Gasteiger partial charge >= 0.3 is 0 Å². The topological polar surface area (TPSA) is 58.2 Å². The third-order valence-corrected chi connectivity index (χ3v) is 2.13. The number of hydrogen-bond acceptors (Lipinski definition) is 3. The minimum atomic E-state index is 0.0439. The number of carbonyl (C=O) groups excluding carboxylic acids is 2. The minimum absolute atomic E-state index is 0.0439. The number of carbonyl (C=O) groups is 2. The summed E-state index contributed by atoms with van der Waals surface area (Å²) in [5, 5.41) is 5.91. The van der Waals surface area contributed by atoms with Gasteiger partial charge in [-0.25, -0.2) is 0 Å². The molecule has 84 valence electrons. The van der Waals surface area contributed by atoms with Crippen LogP contribution in [0.15, 0.2) is 11.8 Å². The minimum Gasteiger partial charge on any atom is -0.388 e. The Morgan fingerprint density at radius 1 is 1.47 bits per heavy atom. The third kappa shape index (κ3) is 4.63. The second-order valence-electron chi connectivity index (χ2n) is 4.03. The molecule has 0 fully saturated rings. The molecule has 0 aromatic heterocycles. The Morgan fingerprint density at radius 3 is 2.73 bits per heavy atom. The van der Waals surface area contributed by atoms with Crippen molar-refractivity contribution in [3.8, 4) is 0 Å². The van der Waals surface area contributed by atoms with Gasteiger partial charge in [0.2, 0.25) is 5.91 Å². The number of ketones is 1. The molecule has 0 heterocycles. The first-order valence-corrected chi connectivity index (χ1v) is 5.34. The Balaban J connectivity index is 2.14. The standard InChI is InChI=1S/C11H18N2O2/c1-8(2)13-11(15)5-6-12-9-3-4-10(14)7-9/h7-8,12H,3-6H2,1-2H3,(H,13,15).